The molecule has 19 heavy (non-hydrogen) atoms. The molecule has 1 aromatic rings. The molecule has 0 bridgehead atoms. The third-order valence-corrected chi connectivity index (χ3v) is 3.47. The quantitative estimate of drug-likeness (QED) is 0.865. The van der Waals surface area contributed by atoms with Crippen LogP contribution < -0.4 is 10.1 Å². The molecule has 2 atom stereocenters. The van der Waals surface area contributed by atoms with Crippen molar-refractivity contribution in [2.45, 2.75) is 24.8 Å². The van der Waals surface area contributed by atoms with Gasteiger partial charge in [0.2, 0.25) is 0 Å². The molecule has 1 fully saturated rings. The number of esters is 1. The number of hydrogen-bond donors (Lipinski definition) is 1. The summed E-state index contributed by atoms with van der Waals surface area (Å²) in [6.07, 6.45) is 1.76. The van der Waals surface area contributed by atoms with Gasteiger partial charge in [-0.3, -0.25) is 4.79 Å². The fourth-order valence-electron chi connectivity index (χ4n) is 2.53. The van der Waals surface area contributed by atoms with Crippen LogP contribution in [0.2, 0.25) is 0 Å². The Morgan fingerprint density at radius 3 is 2.74 bits per heavy atom. The highest BCUT2D eigenvalue weighted by atomic mass is 35.5. The van der Waals surface area contributed by atoms with Crippen LogP contribution in [0.15, 0.2) is 24.3 Å². The van der Waals surface area contributed by atoms with Gasteiger partial charge >= 0.3 is 5.97 Å². The Balaban J connectivity index is 0.00000180. The molecule has 4 nitrogen and oxygen atoms in total. The number of methoxy groups -OCH3 is 2. The molecule has 0 saturated carbocycles. The summed E-state index contributed by atoms with van der Waals surface area (Å²) in [6.45, 7) is 0.822. The monoisotopic (exact) mass is 285 g/mol. The number of piperidine rings is 1. The second-order valence-electron chi connectivity index (χ2n) is 4.49. The Hall–Kier alpha value is -1.26. The molecule has 5 heteroatoms. The van der Waals surface area contributed by atoms with Gasteiger partial charge in [-0.2, -0.15) is 0 Å². The maximum Gasteiger partial charge on any atom is 0.322 e. The van der Waals surface area contributed by atoms with Gasteiger partial charge in [0.05, 0.1) is 14.2 Å². The van der Waals surface area contributed by atoms with Crippen LogP contribution in [-0.2, 0) is 9.53 Å². The number of ether oxygens (including phenoxy) is 2. The zero-order valence-electron chi connectivity index (χ0n) is 11.2. The van der Waals surface area contributed by atoms with Crippen molar-refractivity contribution in [2.75, 3.05) is 20.8 Å². The molecule has 0 spiro atoms. The Morgan fingerprint density at radius 2 is 2.05 bits per heavy atom. The summed E-state index contributed by atoms with van der Waals surface area (Å²) >= 11 is 0. The molecule has 1 saturated heterocycles. The minimum Gasteiger partial charge on any atom is -0.496 e. The summed E-state index contributed by atoms with van der Waals surface area (Å²) in [5, 5.41) is 3.19. The van der Waals surface area contributed by atoms with Gasteiger partial charge in [-0.15, -0.1) is 12.4 Å². The predicted octanol–water partition coefficient (Wildman–Crippen LogP) is 2.13. The van der Waals surface area contributed by atoms with Gasteiger partial charge in [-0.25, -0.2) is 0 Å². The lowest BCUT2D eigenvalue weighted by Gasteiger charge is -2.29. The Bertz CT molecular complexity index is 425. The van der Waals surface area contributed by atoms with Crippen molar-refractivity contribution in [1.82, 2.24) is 5.32 Å². The van der Waals surface area contributed by atoms with E-state index in [2.05, 4.69) is 11.4 Å². The zero-order valence-corrected chi connectivity index (χ0v) is 12.0. The van der Waals surface area contributed by atoms with Crippen LogP contribution in [-0.4, -0.2) is 32.8 Å². The van der Waals surface area contributed by atoms with E-state index in [9.17, 15) is 4.79 Å². The second kappa shape index (κ2) is 7.36. The van der Waals surface area contributed by atoms with Gasteiger partial charge in [0, 0.05) is 0 Å². The average molecular weight is 286 g/mol. The molecule has 1 aliphatic heterocycles. The molecule has 1 aliphatic rings. The van der Waals surface area contributed by atoms with E-state index in [-0.39, 0.29) is 24.4 Å². The molecular formula is C14H20ClNO3. The van der Waals surface area contributed by atoms with Crippen LogP contribution in [0.1, 0.15) is 24.3 Å². The average Bonchev–Trinajstić information content (AvgIpc) is 2.46. The van der Waals surface area contributed by atoms with Crippen LogP contribution >= 0.6 is 12.4 Å². The van der Waals surface area contributed by atoms with E-state index in [1.165, 1.54) is 12.7 Å². The molecule has 0 aromatic heterocycles. The predicted molar refractivity (Wildman–Crippen MR) is 76.0 cm³/mol. The molecule has 2 unspecified atom stereocenters. The summed E-state index contributed by atoms with van der Waals surface area (Å²) in [5.74, 6) is 1.05. The molecule has 0 radical (unpaired) electrons. The number of nitrogens with one attached hydrogen (secondary N) is 1. The summed E-state index contributed by atoms with van der Waals surface area (Å²) < 4.78 is 10.2. The lowest BCUT2D eigenvalue weighted by Crippen LogP contribution is -2.43. The first-order chi connectivity index (χ1) is 8.76. The molecule has 2 rings (SSSR count). The Morgan fingerprint density at radius 1 is 1.32 bits per heavy atom. The third kappa shape index (κ3) is 3.61. The van der Waals surface area contributed by atoms with Crippen molar-refractivity contribution in [2.24, 2.45) is 0 Å². The van der Waals surface area contributed by atoms with Gasteiger partial charge in [0.1, 0.15) is 11.8 Å². The van der Waals surface area contributed by atoms with E-state index in [0.717, 1.165) is 25.1 Å². The van der Waals surface area contributed by atoms with Crippen LogP contribution in [0, 0.1) is 0 Å². The lowest BCUT2D eigenvalue weighted by atomic mass is 9.86. The van der Waals surface area contributed by atoms with Crippen molar-refractivity contribution in [3.63, 3.8) is 0 Å². The molecular weight excluding hydrogens is 266 g/mol. The largest absolute Gasteiger partial charge is 0.496 e. The first kappa shape index (κ1) is 15.8. The molecule has 0 amide bonds. The zero-order chi connectivity index (χ0) is 13.0. The van der Waals surface area contributed by atoms with Crippen molar-refractivity contribution in [1.29, 1.82) is 0 Å². The lowest BCUT2D eigenvalue weighted by molar-refractivity contribution is -0.143. The molecule has 0 aliphatic carbocycles. The highest BCUT2D eigenvalue weighted by Crippen LogP contribution is 2.33. The van der Waals surface area contributed by atoms with Gasteiger partial charge < -0.3 is 14.8 Å². The number of para-hydroxylation sites is 1. The molecule has 1 aromatic carbocycles. The highest BCUT2D eigenvalue weighted by molar-refractivity contribution is 5.85. The molecule has 1 N–H and O–H groups in total. The fourth-order valence-corrected chi connectivity index (χ4v) is 2.53. The minimum absolute atomic E-state index is 0. The maximum atomic E-state index is 11.6. The van der Waals surface area contributed by atoms with Crippen LogP contribution in [0.3, 0.4) is 0 Å². The Labute approximate surface area is 119 Å². The topological polar surface area (TPSA) is 47.6 Å². The summed E-state index contributed by atoms with van der Waals surface area (Å²) in [6, 6.07) is 7.79. The summed E-state index contributed by atoms with van der Waals surface area (Å²) in [7, 11) is 3.11. The first-order valence-electron chi connectivity index (χ1n) is 6.20. The maximum absolute atomic E-state index is 11.6. The number of carbonyl (C=O) groups excluding carboxylic acids is 1. The first-order valence-corrected chi connectivity index (χ1v) is 6.20. The fraction of sp³-hybridized carbons (Fsp3) is 0.500. The number of rotatable bonds is 3. The SMILES string of the molecule is COC(=O)C1CC(c2ccccc2OC)CCN1.Cl. The summed E-state index contributed by atoms with van der Waals surface area (Å²) in [4.78, 5) is 11.6. The van der Waals surface area contributed by atoms with E-state index >= 15 is 0 Å². The van der Waals surface area contributed by atoms with E-state index in [1.54, 1.807) is 7.11 Å². The smallest absolute Gasteiger partial charge is 0.322 e. The Kier molecular flexibility index (Phi) is 6.12. The van der Waals surface area contributed by atoms with Crippen LogP contribution in [0.4, 0.5) is 0 Å². The molecule has 106 valence electrons. The van der Waals surface area contributed by atoms with Gasteiger partial charge in [-0.1, -0.05) is 18.2 Å². The van der Waals surface area contributed by atoms with Crippen molar-refractivity contribution >= 4 is 18.4 Å². The van der Waals surface area contributed by atoms with E-state index < -0.39 is 0 Å². The van der Waals surface area contributed by atoms with Crippen molar-refractivity contribution in [3.05, 3.63) is 29.8 Å². The normalized spacial score (nSPS) is 22.2. The summed E-state index contributed by atoms with van der Waals surface area (Å²) in [5.41, 5.74) is 1.18. The van der Waals surface area contributed by atoms with Gasteiger partial charge in [0.25, 0.3) is 0 Å². The second-order valence-corrected chi connectivity index (χ2v) is 4.49. The number of benzene rings is 1. The number of carbonyl (C=O) groups is 1. The van der Waals surface area contributed by atoms with Crippen LogP contribution in [0.5, 0.6) is 5.75 Å². The minimum atomic E-state index is -0.210. The van der Waals surface area contributed by atoms with E-state index in [0.29, 0.717) is 5.92 Å². The van der Waals surface area contributed by atoms with Crippen molar-refractivity contribution < 1.29 is 14.3 Å². The van der Waals surface area contributed by atoms with E-state index in [4.69, 9.17) is 9.47 Å². The van der Waals surface area contributed by atoms with Gasteiger partial charge in [-0.05, 0) is 36.9 Å². The third-order valence-electron chi connectivity index (χ3n) is 3.47. The van der Waals surface area contributed by atoms with E-state index in [1.807, 2.05) is 18.2 Å². The van der Waals surface area contributed by atoms with Crippen LogP contribution in [0.25, 0.3) is 0 Å². The van der Waals surface area contributed by atoms with Crippen molar-refractivity contribution in [3.8, 4) is 5.75 Å². The number of halogens is 1. The highest BCUT2D eigenvalue weighted by Gasteiger charge is 2.29. The number of hydrogen-bond acceptors (Lipinski definition) is 4. The molecule has 1 heterocycles. The van der Waals surface area contributed by atoms with Gasteiger partial charge in [0.15, 0.2) is 0 Å². The standard InChI is InChI=1S/C14H19NO3.ClH/c1-17-13-6-4-3-5-11(13)10-7-8-15-12(9-10)14(16)18-2;/h3-6,10,12,15H,7-9H2,1-2H3;1H.